The second-order valence-electron chi connectivity index (χ2n) is 7.54. The minimum absolute atomic E-state index is 0.813. The highest BCUT2D eigenvalue weighted by molar-refractivity contribution is 6.09. The summed E-state index contributed by atoms with van der Waals surface area (Å²) in [6.45, 7) is 8.31. The number of benzene rings is 1. The molecule has 0 radical (unpaired) electrons. The maximum atomic E-state index is 6.06. The molecule has 0 aliphatic carbocycles. The summed E-state index contributed by atoms with van der Waals surface area (Å²) in [4.78, 5) is 4.48. The highest BCUT2D eigenvalue weighted by Gasteiger charge is 2.12. The summed E-state index contributed by atoms with van der Waals surface area (Å²) in [6.07, 6.45) is 12.5. The molecule has 0 aliphatic rings. The van der Waals surface area contributed by atoms with Crippen LogP contribution in [0.1, 0.15) is 70.9 Å². The Morgan fingerprint density at radius 1 is 0.889 bits per heavy atom. The van der Waals surface area contributed by atoms with Gasteiger partial charge >= 0.3 is 0 Å². The van der Waals surface area contributed by atoms with Crippen LogP contribution in [0.25, 0.3) is 21.8 Å². The van der Waals surface area contributed by atoms with Gasteiger partial charge in [-0.2, -0.15) is 0 Å². The minimum atomic E-state index is 0.813. The summed E-state index contributed by atoms with van der Waals surface area (Å²) in [5, 5.41) is 2.57. The molecule has 0 saturated heterocycles. The Morgan fingerprint density at radius 3 is 2.37 bits per heavy atom. The van der Waals surface area contributed by atoms with E-state index >= 15 is 0 Å². The van der Waals surface area contributed by atoms with Gasteiger partial charge in [0.2, 0.25) is 0 Å². The Bertz CT molecular complexity index is 866. The lowest BCUT2D eigenvalue weighted by Gasteiger charge is -2.08. The van der Waals surface area contributed by atoms with Crippen LogP contribution in [0.2, 0.25) is 0 Å². The van der Waals surface area contributed by atoms with Crippen molar-refractivity contribution in [1.82, 2.24) is 9.55 Å². The fourth-order valence-corrected chi connectivity index (χ4v) is 4.04. The van der Waals surface area contributed by atoms with Gasteiger partial charge in [0, 0.05) is 29.6 Å². The average molecular weight is 367 g/mol. The van der Waals surface area contributed by atoms with Gasteiger partial charge in [-0.1, -0.05) is 51.9 Å². The van der Waals surface area contributed by atoms with Crippen molar-refractivity contribution >= 4 is 21.8 Å². The lowest BCUT2D eigenvalue weighted by molar-refractivity contribution is 0.304. The number of hydrogen-bond donors (Lipinski definition) is 0. The van der Waals surface area contributed by atoms with E-state index in [1.807, 2.05) is 6.20 Å². The molecule has 0 atom stereocenters. The summed E-state index contributed by atoms with van der Waals surface area (Å²) < 4.78 is 8.41. The Hall–Kier alpha value is -2.03. The Labute approximate surface area is 163 Å². The molecule has 0 bridgehead atoms. The van der Waals surface area contributed by atoms with Gasteiger partial charge in [-0.15, -0.1) is 0 Å². The van der Waals surface area contributed by atoms with E-state index in [2.05, 4.69) is 54.6 Å². The number of hydrogen-bond acceptors (Lipinski definition) is 2. The number of ether oxygens (including phenoxy) is 1. The van der Waals surface area contributed by atoms with E-state index in [9.17, 15) is 0 Å². The summed E-state index contributed by atoms with van der Waals surface area (Å²) in [5.74, 6) is 0.980. The first-order chi connectivity index (χ1) is 13.3. The van der Waals surface area contributed by atoms with E-state index < -0.39 is 0 Å². The molecule has 146 valence electrons. The minimum Gasteiger partial charge on any atom is -0.494 e. The van der Waals surface area contributed by atoms with Crippen molar-refractivity contribution in [1.29, 1.82) is 0 Å². The molecule has 0 spiro atoms. The van der Waals surface area contributed by atoms with E-state index in [0.717, 1.165) is 31.0 Å². The molecular weight excluding hydrogens is 332 g/mol. The zero-order chi connectivity index (χ0) is 19.1. The summed E-state index contributed by atoms with van der Waals surface area (Å²) in [6, 6.07) is 8.63. The molecule has 27 heavy (non-hydrogen) atoms. The van der Waals surface area contributed by atoms with Crippen LogP contribution in [0.4, 0.5) is 0 Å². The summed E-state index contributed by atoms with van der Waals surface area (Å²) in [5.41, 5.74) is 3.58. The third kappa shape index (κ3) is 4.63. The lowest BCUT2D eigenvalue weighted by atomic mass is 10.1. The van der Waals surface area contributed by atoms with Crippen LogP contribution in [0.15, 0.2) is 30.5 Å². The van der Waals surface area contributed by atoms with Gasteiger partial charge < -0.3 is 9.30 Å². The molecular formula is C24H34N2O. The smallest absolute Gasteiger partial charge is 0.121 e. The predicted octanol–water partition coefficient (Wildman–Crippen LogP) is 7.04. The van der Waals surface area contributed by atoms with E-state index in [-0.39, 0.29) is 0 Å². The second kappa shape index (κ2) is 9.77. The molecule has 3 rings (SSSR count). The van der Waals surface area contributed by atoms with Gasteiger partial charge in [0.05, 0.1) is 23.3 Å². The quantitative estimate of drug-likeness (QED) is 0.340. The van der Waals surface area contributed by atoms with Crippen molar-refractivity contribution in [2.45, 2.75) is 78.7 Å². The third-order valence-corrected chi connectivity index (χ3v) is 5.51. The SMILES string of the molecule is CCCCCCCCCCOc1ccc2c3ccnc(C)c3n(CC)c2c1. The lowest BCUT2D eigenvalue weighted by Crippen LogP contribution is -1.99. The maximum absolute atomic E-state index is 6.06. The van der Waals surface area contributed by atoms with Crippen molar-refractivity contribution in [2.24, 2.45) is 0 Å². The van der Waals surface area contributed by atoms with E-state index in [0.29, 0.717) is 0 Å². The van der Waals surface area contributed by atoms with Crippen molar-refractivity contribution in [3.05, 3.63) is 36.2 Å². The molecule has 3 nitrogen and oxygen atoms in total. The summed E-state index contributed by atoms with van der Waals surface area (Å²) in [7, 11) is 0. The van der Waals surface area contributed by atoms with Gasteiger partial charge in [0.1, 0.15) is 5.75 Å². The number of aryl methyl sites for hydroxylation is 2. The number of pyridine rings is 1. The van der Waals surface area contributed by atoms with Gasteiger partial charge in [0.25, 0.3) is 0 Å². The molecule has 1 aromatic carbocycles. The van der Waals surface area contributed by atoms with Gasteiger partial charge in [-0.05, 0) is 38.5 Å². The van der Waals surface area contributed by atoms with E-state index in [1.165, 1.54) is 66.8 Å². The Balaban J connectivity index is 1.59. The van der Waals surface area contributed by atoms with Gasteiger partial charge in [0.15, 0.2) is 0 Å². The van der Waals surface area contributed by atoms with E-state index in [4.69, 9.17) is 4.74 Å². The van der Waals surface area contributed by atoms with Gasteiger partial charge in [-0.3, -0.25) is 4.98 Å². The zero-order valence-electron chi connectivity index (χ0n) is 17.3. The highest BCUT2D eigenvalue weighted by Crippen LogP contribution is 2.32. The standard InChI is InChI=1S/C24H34N2O/c1-4-6-7-8-9-10-11-12-17-27-20-13-14-21-22-15-16-25-19(3)24(22)26(5-2)23(21)18-20/h13-16,18H,4-12,17H2,1-3H3. The number of fused-ring (bicyclic) bond motifs is 3. The topological polar surface area (TPSA) is 27.1 Å². The molecule has 0 unspecified atom stereocenters. The van der Waals surface area contributed by atoms with Crippen LogP contribution in [0.3, 0.4) is 0 Å². The molecule has 0 N–H and O–H groups in total. The monoisotopic (exact) mass is 366 g/mol. The average Bonchev–Trinajstić information content (AvgIpc) is 3.01. The number of unbranched alkanes of at least 4 members (excludes halogenated alkanes) is 7. The molecule has 0 aliphatic heterocycles. The Kier molecular flexibility index (Phi) is 7.14. The van der Waals surface area contributed by atoms with Gasteiger partial charge in [-0.25, -0.2) is 0 Å². The molecule has 0 saturated carbocycles. The fraction of sp³-hybridized carbons (Fsp3) is 0.542. The first-order valence-electron chi connectivity index (χ1n) is 10.8. The molecule has 0 fully saturated rings. The fourth-order valence-electron chi connectivity index (χ4n) is 4.04. The van der Waals surface area contributed by atoms with Crippen LogP contribution < -0.4 is 4.74 Å². The molecule has 0 amide bonds. The molecule has 2 aromatic heterocycles. The Morgan fingerprint density at radius 2 is 1.63 bits per heavy atom. The normalized spacial score (nSPS) is 11.5. The first-order valence-corrected chi connectivity index (χ1v) is 10.8. The van der Waals surface area contributed by atoms with Crippen LogP contribution in [0, 0.1) is 6.92 Å². The summed E-state index contributed by atoms with van der Waals surface area (Å²) >= 11 is 0. The third-order valence-electron chi connectivity index (χ3n) is 5.51. The van der Waals surface area contributed by atoms with Crippen molar-refractivity contribution < 1.29 is 4.74 Å². The molecule has 3 heteroatoms. The van der Waals surface area contributed by atoms with Crippen molar-refractivity contribution in [2.75, 3.05) is 6.61 Å². The number of aromatic nitrogens is 2. The molecule has 2 heterocycles. The zero-order valence-corrected chi connectivity index (χ0v) is 17.3. The van der Waals surface area contributed by atoms with Crippen LogP contribution in [-0.4, -0.2) is 16.2 Å². The number of rotatable bonds is 11. The van der Waals surface area contributed by atoms with Crippen LogP contribution in [-0.2, 0) is 6.54 Å². The largest absolute Gasteiger partial charge is 0.494 e. The van der Waals surface area contributed by atoms with Crippen molar-refractivity contribution in [3.63, 3.8) is 0 Å². The highest BCUT2D eigenvalue weighted by atomic mass is 16.5. The molecule has 3 aromatic rings. The second-order valence-corrected chi connectivity index (χ2v) is 7.54. The maximum Gasteiger partial charge on any atom is 0.121 e. The number of nitrogens with zero attached hydrogens (tertiary/aromatic N) is 2. The van der Waals surface area contributed by atoms with Crippen molar-refractivity contribution in [3.8, 4) is 5.75 Å². The first kappa shape index (κ1) is 19.7. The predicted molar refractivity (Wildman–Crippen MR) is 116 cm³/mol. The van der Waals surface area contributed by atoms with Crippen LogP contribution in [0.5, 0.6) is 5.75 Å². The van der Waals surface area contributed by atoms with Crippen LogP contribution >= 0.6 is 0 Å². The van der Waals surface area contributed by atoms with E-state index in [1.54, 1.807) is 0 Å².